The number of anilines is 1. The highest BCUT2D eigenvalue weighted by Gasteiger charge is 2.32. The molecule has 1 fully saturated rings. The molecular weight excluding hydrogens is 340 g/mol. The summed E-state index contributed by atoms with van der Waals surface area (Å²) in [6.45, 7) is 4.93. The van der Waals surface area contributed by atoms with E-state index in [-0.39, 0.29) is 5.91 Å². The van der Waals surface area contributed by atoms with Crippen LogP contribution in [-0.4, -0.2) is 32.2 Å². The molecule has 2 aromatic rings. The number of quaternary nitrogens is 1. The number of nitrogens with one attached hydrogen (secondary N) is 2. The normalized spacial score (nSPS) is 21.5. The third-order valence-electron chi connectivity index (χ3n) is 5.38. The summed E-state index contributed by atoms with van der Waals surface area (Å²) in [5, 5.41) is 3.02. The van der Waals surface area contributed by atoms with Crippen LogP contribution < -0.4 is 19.7 Å². The summed E-state index contributed by atoms with van der Waals surface area (Å²) in [6, 6.07) is 14.5. The van der Waals surface area contributed by atoms with Crippen LogP contribution in [0.3, 0.4) is 0 Å². The lowest BCUT2D eigenvalue weighted by Gasteiger charge is -2.22. The molecule has 1 unspecified atom stereocenters. The maximum atomic E-state index is 12.5. The Bertz CT molecular complexity index is 804. The molecule has 0 aliphatic carbocycles. The number of rotatable bonds is 4. The molecular formula is C22H27N2O3+. The lowest BCUT2D eigenvalue weighted by molar-refractivity contribution is -0.910. The average Bonchev–Trinajstić information content (AvgIpc) is 2.99. The third-order valence-corrected chi connectivity index (χ3v) is 5.38. The van der Waals surface area contributed by atoms with Crippen LogP contribution in [0.25, 0.3) is 0 Å². The van der Waals surface area contributed by atoms with E-state index in [1.807, 2.05) is 37.3 Å². The molecule has 1 amide bonds. The Morgan fingerprint density at radius 3 is 2.67 bits per heavy atom. The van der Waals surface area contributed by atoms with Crippen LogP contribution >= 0.6 is 0 Å². The van der Waals surface area contributed by atoms with Gasteiger partial charge in [0.05, 0.1) is 19.8 Å². The Morgan fingerprint density at radius 1 is 1.07 bits per heavy atom. The lowest BCUT2D eigenvalue weighted by atomic mass is 10.0. The van der Waals surface area contributed by atoms with Crippen molar-refractivity contribution in [1.82, 2.24) is 0 Å². The number of amides is 1. The Hall–Kier alpha value is -2.53. The van der Waals surface area contributed by atoms with Crippen molar-refractivity contribution in [2.75, 3.05) is 31.6 Å². The number of benzene rings is 2. The molecule has 0 aromatic heterocycles. The lowest BCUT2D eigenvalue weighted by Crippen LogP contribution is -3.11. The topological polar surface area (TPSA) is 52.0 Å². The number of likely N-dealkylation sites (tertiary alicyclic amines) is 1. The molecule has 0 radical (unpaired) electrons. The third kappa shape index (κ3) is 4.25. The van der Waals surface area contributed by atoms with Crippen LogP contribution in [0.2, 0.25) is 0 Å². The zero-order chi connectivity index (χ0) is 18.6. The van der Waals surface area contributed by atoms with Gasteiger partial charge < -0.3 is 19.7 Å². The second-order valence-electron chi connectivity index (χ2n) is 7.45. The fourth-order valence-electron chi connectivity index (χ4n) is 3.97. The molecule has 5 nitrogen and oxygen atoms in total. The Balaban J connectivity index is 1.43. The number of aryl methyl sites for hydroxylation is 1. The van der Waals surface area contributed by atoms with Crippen molar-refractivity contribution in [3.8, 4) is 11.5 Å². The molecule has 0 spiro atoms. The maximum Gasteiger partial charge on any atom is 0.279 e. The van der Waals surface area contributed by atoms with Crippen molar-refractivity contribution in [3.05, 3.63) is 53.6 Å². The van der Waals surface area contributed by atoms with Gasteiger partial charge in [-0.3, -0.25) is 4.79 Å². The van der Waals surface area contributed by atoms with Crippen LogP contribution in [0.1, 0.15) is 36.4 Å². The average molecular weight is 367 g/mol. The first-order chi connectivity index (χ1) is 13.2. The number of carbonyl (C=O) groups is 1. The van der Waals surface area contributed by atoms with Gasteiger partial charge in [-0.1, -0.05) is 17.7 Å². The molecule has 2 aromatic carbocycles. The fourth-order valence-corrected chi connectivity index (χ4v) is 3.97. The largest absolute Gasteiger partial charge is 0.490 e. The van der Waals surface area contributed by atoms with E-state index in [1.165, 1.54) is 16.0 Å². The molecule has 2 N–H and O–H groups in total. The van der Waals surface area contributed by atoms with E-state index in [9.17, 15) is 4.79 Å². The second kappa shape index (κ2) is 8.01. The Morgan fingerprint density at radius 2 is 1.85 bits per heavy atom. The highest BCUT2D eigenvalue weighted by molar-refractivity contribution is 5.91. The Labute approximate surface area is 160 Å². The molecule has 2 aliphatic heterocycles. The van der Waals surface area contributed by atoms with Gasteiger partial charge in [0, 0.05) is 30.5 Å². The van der Waals surface area contributed by atoms with Crippen molar-refractivity contribution in [2.24, 2.45) is 0 Å². The summed E-state index contributed by atoms with van der Waals surface area (Å²) >= 11 is 0. The smallest absolute Gasteiger partial charge is 0.279 e. The standard InChI is InChI=1S/C22H26N2O3/c1-16-5-8-18(9-6-16)23-22(25)15-24-11-2-4-19(24)17-7-10-20-21(14-17)27-13-3-12-26-20/h5-10,14,19H,2-4,11-13,15H2,1H3,(H,23,25)/p+1/t19-/m0/s1. The van der Waals surface area contributed by atoms with Gasteiger partial charge in [0.1, 0.15) is 6.04 Å². The van der Waals surface area contributed by atoms with E-state index in [0.29, 0.717) is 25.8 Å². The minimum Gasteiger partial charge on any atom is -0.490 e. The van der Waals surface area contributed by atoms with Gasteiger partial charge in [-0.25, -0.2) is 0 Å². The summed E-state index contributed by atoms with van der Waals surface area (Å²) in [5.74, 6) is 1.73. The van der Waals surface area contributed by atoms with E-state index in [1.54, 1.807) is 0 Å². The fraction of sp³-hybridized carbons (Fsp3) is 0.409. The monoisotopic (exact) mass is 367 g/mol. The molecule has 5 heteroatoms. The first-order valence-corrected chi connectivity index (χ1v) is 9.80. The maximum absolute atomic E-state index is 12.5. The van der Waals surface area contributed by atoms with Crippen molar-refractivity contribution in [3.63, 3.8) is 0 Å². The molecule has 2 heterocycles. The molecule has 0 saturated carbocycles. The minimum atomic E-state index is 0.0649. The zero-order valence-electron chi connectivity index (χ0n) is 15.8. The van der Waals surface area contributed by atoms with E-state index in [4.69, 9.17) is 9.47 Å². The molecule has 4 rings (SSSR count). The summed E-state index contributed by atoms with van der Waals surface area (Å²) in [7, 11) is 0. The van der Waals surface area contributed by atoms with Crippen molar-refractivity contribution in [1.29, 1.82) is 0 Å². The van der Waals surface area contributed by atoms with Gasteiger partial charge in [0.15, 0.2) is 18.0 Å². The molecule has 1 saturated heterocycles. The van der Waals surface area contributed by atoms with Crippen LogP contribution in [0.15, 0.2) is 42.5 Å². The second-order valence-corrected chi connectivity index (χ2v) is 7.45. The molecule has 2 atom stereocenters. The van der Waals surface area contributed by atoms with Gasteiger partial charge in [-0.05, 0) is 37.3 Å². The minimum absolute atomic E-state index is 0.0649. The number of carbonyl (C=O) groups excluding carboxylic acids is 1. The van der Waals surface area contributed by atoms with Crippen LogP contribution in [0, 0.1) is 6.92 Å². The zero-order valence-corrected chi connectivity index (χ0v) is 15.8. The van der Waals surface area contributed by atoms with E-state index in [0.717, 1.165) is 43.0 Å². The van der Waals surface area contributed by atoms with Crippen LogP contribution in [0.5, 0.6) is 11.5 Å². The summed E-state index contributed by atoms with van der Waals surface area (Å²) in [4.78, 5) is 13.8. The molecule has 0 bridgehead atoms. The highest BCUT2D eigenvalue weighted by Crippen LogP contribution is 2.33. The summed E-state index contributed by atoms with van der Waals surface area (Å²) < 4.78 is 11.6. The predicted molar refractivity (Wildman–Crippen MR) is 105 cm³/mol. The number of hydrogen-bond acceptors (Lipinski definition) is 3. The molecule has 142 valence electrons. The van der Waals surface area contributed by atoms with Crippen molar-refractivity contribution < 1.29 is 19.2 Å². The van der Waals surface area contributed by atoms with E-state index >= 15 is 0 Å². The predicted octanol–water partition coefficient (Wildman–Crippen LogP) is 2.51. The highest BCUT2D eigenvalue weighted by atomic mass is 16.5. The van der Waals surface area contributed by atoms with Crippen molar-refractivity contribution in [2.45, 2.75) is 32.2 Å². The van der Waals surface area contributed by atoms with E-state index in [2.05, 4.69) is 17.4 Å². The summed E-state index contributed by atoms with van der Waals surface area (Å²) in [5.41, 5.74) is 3.28. The van der Waals surface area contributed by atoms with Gasteiger partial charge in [0.2, 0.25) is 0 Å². The van der Waals surface area contributed by atoms with E-state index < -0.39 is 0 Å². The first kappa shape index (κ1) is 17.9. The SMILES string of the molecule is Cc1ccc(NC(=O)C[NH+]2CCC[C@H]2c2ccc3c(c2)OCCCO3)cc1. The van der Waals surface area contributed by atoms with Gasteiger partial charge >= 0.3 is 0 Å². The molecule has 27 heavy (non-hydrogen) atoms. The van der Waals surface area contributed by atoms with Gasteiger partial charge in [-0.15, -0.1) is 0 Å². The summed E-state index contributed by atoms with van der Waals surface area (Å²) in [6.07, 6.45) is 3.13. The van der Waals surface area contributed by atoms with Crippen molar-refractivity contribution >= 4 is 11.6 Å². The van der Waals surface area contributed by atoms with Crippen LogP contribution in [0.4, 0.5) is 5.69 Å². The Kier molecular flexibility index (Phi) is 5.30. The quantitative estimate of drug-likeness (QED) is 0.873. The van der Waals surface area contributed by atoms with Gasteiger partial charge in [-0.2, -0.15) is 0 Å². The molecule has 2 aliphatic rings. The van der Waals surface area contributed by atoms with Crippen LogP contribution in [-0.2, 0) is 4.79 Å². The number of ether oxygens (including phenoxy) is 2. The number of hydrogen-bond donors (Lipinski definition) is 2. The number of fused-ring (bicyclic) bond motifs is 1. The first-order valence-electron chi connectivity index (χ1n) is 9.80. The van der Waals surface area contributed by atoms with Gasteiger partial charge in [0.25, 0.3) is 5.91 Å².